The van der Waals surface area contributed by atoms with Crippen LogP contribution in [0.3, 0.4) is 0 Å². The Hall–Kier alpha value is -3.10. The SMILES string of the molecule is COCCCNC(=O)CN1CCN(C(=O)COc2ccc(Oc3ccc(C)cc3)cc2)CC1. The van der Waals surface area contributed by atoms with Gasteiger partial charge in [-0.05, 0) is 49.7 Å². The van der Waals surface area contributed by atoms with Crippen molar-refractivity contribution in [1.29, 1.82) is 0 Å². The van der Waals surface area contributed by atoms with Crippen LogP contribution >= 0.6 is 0 Å². The number of rotatable bonds is 11. The van der Waals surface area contributed by atoms with Crippen LogP contribution in [0.4, 0.5) is 0 Å². The summed E-state index contributed by atoms with van der Waals surface area (Å²) >= 11 is 0. The van der Waals surface area contributed by atoms with Crippen LogP contribution in [0.2, 0.25) is 0 Å². The van der Waals surface area contributed by atoms with Gasteiger partial charge < -0.3 is 24.4 Å². The highest BCUT2D eigenvalue weighted by molar-refractivity contribution is 5.79. The summed E-state index contributed by atoms with van der Waals surface area (Å²) in [5.41, 5.74) is 1.18. The minimum atomic E-state index is -0.0568. The summed E-state index contributed by atoms with van der Waals surface area (Å²) in [5.74, 6) is 2.04. The number of carbonyl (C=O) groups is 2. The minimum Gasteiger partial charge on any atom is -0.484 e. The molecule has 0 aromatic heterocycles. The molecule has 0 aliphatic carbocycles. The van der Waals surface area contributed by atoms with Gasteiger partial charge in [0, 0.05) is 46.4 Å². The molecule has 8 nitrogen and oxygen atoms in total. The van der Waals surface area contributed by atoms with Gasteiger partial charge in [0.2, 0.25) is 5.91 Å². The van der Waals surface area contributed by atoms with Crippen molar-refractivity contribution in [3.63, 3.8) is 0 Å². The van der Waals surface area contributed by atoms with Crippen LogP contribution in [-0.2, 0) is 14.3 Å². The molecule has 0 spiro atoms. The number of ether oxygens (including phenoxy) is 3. The number of methoxy groups -OCH3 is 1. The average Bonchev–Trinajstić information content (AvgIpc) is 2.83. The number of nitrogens with one attached hydrogen (secondary N) is 1. The Morgan fingerprint density at radius 3 is 2.15 bits per heavy atom. The quantitative estimate of drug-likeness (QED) is 0.525. The van der Waals surface area contributed by atoms with Gasteiger partial charge in [0.1, 0.15) is 17.2 Å². The Kier molecular flexibility index (Phi) is 9.53. The maximum atomic E-state index is 12.5. The van der Waals surface area contributed by atoms with E-state index in [-0.39, 0.29) is 18.4 Å². The molecule has 2 aromatic carbocycles. The summed E-state index contributed by atoms with van der Waals surface area (Å²) in [6.45, 7) is 6.12. The van der Waals surface area contributed by atoms with Gasteiger partial charge in [-0.2, -0.15) is 0 Å². The first-order valence-electron chi connectivity index (χ1n) is 11.3. The second-order valence-electron chi connectivity index (χ2n) is 8.03. The van der Waals surface area contributed by atoms with Gasteiger partial charge in [-0.25, -0.2) is 0 Å². The van der Waals surface area contributed by atoms with Crippen LogP contribution in [0.1, 0.15) is 12.0 Å². The first kappa shape index (κ1) is 24.5. The van der Waals surface area contributed by atoms with Crippen molar-refractivity contribution in [3.8, 4) is 17.2 Å². The lowest BCUT2D eigenvalue weighted by atomic mass is 10.2. The van der Waals surface area contributed by atoms with Crippen molar-refractivity contribution in [2.45, 2.75) is 13.3 Å². The van der Waals surface area contributed by atoms with Crippen molar-refractivity contribution in [1.82, 2.24) is 15.1 Å². The van der Waals surface area contributed by atoms with Crippen LogP contribution in [-0.4, -0.2) is 81.2 Å². The summed E-state index contributed by atoms with van der Waals surface area (Å²) in [5, 5.41) is 2.89. The Labute approximate surface area is 195 Å². The molecule has 33 heavy (non-hydrogen) atoms. The summed E-state index contributed by atoms with van der Waals surface area (Å²) in [6.07, 6.45) is 0.799. The first-order chi connectivity index (χ1) is 16.0. The normalized spacial score (nSPS) is 14.1. The maximum Gasteiger partial charge on any atom is 0.260 e. The molecule has 1 saturated heterocycles. The highest BCUT2D eigenvalue weighted by Gasteiger charge is 2.22. The highest BCUT2D eigenvalue weighted by Crippen LogP contribution is 2.24. The van der Waals surface area contributed by atoms with Crippen LogP contribution in [0.25, 0.3) is 0 Å². The molecule has 2 aromatic rings. The molecule has 178 valence electrons. The lowest BCUT2D eigenvalue weighted by Crippen LogP contribution is -2.52. The van der Waals surface area contributed by atoms with Crippen LogP contribution < -0.4 is 14.8 Å². The number of hydrogen-bond acceptors (Lipinski definition) is 6. The number of aryl methyl sites for hydroxylation is 1. The number of carbonyl (C=O) groups excluding carboxylic acids is 2. The molecular weight excluding hydrogens is 422 g/mol. The Bertz CT molecular complexity index is 878. The van der Waals surface area contributed by atoms with E-state index in [1.807, 2.05) is 43.3 Å². The summed E-state index contributed by atoms with van der Waals surface area (Å²) in [4.78, 5) is 28.3. The predicted octanol–water partition coefficient (Wildman–Crippen LogP) is 2.46. The Morgan fingerprint density at radius 2 is 1.52 bits per heavy atom. The molecule has 0 bridgehead atoms. The third-order valence-electron chi connectivity index (χ3n) is 5.38. The number of amides is 2. The minimum absolute atomic E-state index is 0.00372. The third kappa shape index (κ3) is 8.40. The molecule has 1 fully saturated rings. The van der Waals surface area contributed by atoms with E-state index in [1.54, 1.807) is 24.1 Å². The van der Waals surface area contributed by atoms with E-state index >= 15 is 0 Å². The van der Waals surface area contributed by atoms with Gasteiger partial charge in [0.05, 0.1) is 6.54 Å². The highest BCUT2D eigenvalue weighted by atomic mass is 16.5. The van der Waals surface area contributed by atoms with Crippen molar-refractivity contribution in [2.24, 2.45) is 0 Å². The zero-order chi connectivity index (χ0) is 23.5. The van der Waals surface area contributed by atoms with Gasteiger partial charge in [-0.3, -0.25) is 14.5 Å². The molecule has 8 heteroatoms. The number of benzene rings is 2. The van der Waals surface area contributed by atoms with Gasteiger partial charge in [-0.15, -0.1) is 0 Å². The van der Waals surface area contributed by atoms with Gasteiger partial charge in [0.25, 0.3) is 5.91 Å². The Morgan fingerprint density at radius 1 is 0.909 bits per heavy atom. The summed E-state index contributed by atoms with van der Waals surface area (Å²) < 4.78 is 16.4. The zero-order valence-corrected chi connectivity index (χ0v) is 19.4. The topological polar surface area (TPSA) is 80.3 Å². The van der Waals surface area contributed by atoms with E-state index in [0.29, 0.717) is 57.4 Å². The summed E-state index contributed by atoms with van der Waals surface area (Å²) in [6, 6.07) is 15.1. The van der Waals surface area contributed by atoms with Crippen LogP contribution in [0.5, 0.6) is 17.2 Å². The van der Waals surface area contributed by atoms with Gasteiger partial charge in [-0.1, -0.05) is 17.7 Å². The Balaban J connectivity index is 1.34. The lowest BCUT2D eigenvalue weighted by Gasteiger charge is -2.34. The monoisotopic (exact) mass is 455 g/mol. The van der Waals surface area contributed by atoms with Crippen molar-refractivity contribution >= 4 is 11.8 Å². The molecule has 1 heterocycles. The molecule has 0 saturated carbocycles. The smallest absolute Gasteiger partial charge is 0.260 e. The molecule has 1 aliphatic rings. The predicted molar refractivity (Wildman–Crippen MR) is 126 cm³/mol. The molecule has 1 aliphatic heterocycles. The fourth-order valence-electron chi connectivity index (χ4n) is 3.44. The van der Waals surface area contributed by atoms with E-state index < -0.39 is 0 Å². The molecule has 0 radical (unpaired) electrons. The number of piperazine rings is 1. The first-order valence-corrected chi connectivity index (χ1v) is 11.3. The molecule has 2 amide bonds. The standard InChI is InChI=1S/C25H33N3O5/c1-20-4-6-22(7-5-20)33-23-10-8-21(9-11-23)32-19-25(30)28-15-13-27(14-16-28)18-24(29)26-12-3-17-31-2/h4-11H,3,12-19H2,1-2H3,(H,26,29). The van der Waals surface area contributed by atoms with Gasteiger partial charge in [0.15, 0.2) is 6.61 Å². The van der Waals surface area contributed by atoms with E-state index in [9.17, 15) is 9.59 Å². The lowest BCUT2D eigenvalue weighted by molar-refractivity contribution is -0.135. The van der Waals surface area contributed by atoms with Crippen molar-refractivity contribution in [2.75, 3.05) is 59.6 Å². The number of nitrogens with zero attached hydrogens (tertiary/aromatic N) is 2. The number of hydrogen-bond donors (Lipinski definition) is 1. The largest absolute Gasteiger partial charge is 0.484 e. The van der Waals surface area contributed by atoms with Crippen molar-refractivity contribution < 1.29 is 23.8 Å². The van der Waals surface area contributed by atoms with Crippen LogP contribution in [0.15, 0.2) is 48.5 Å². The average molecular weight is 456 g/mol. The fourth-order valence-corrected chi connectivity index (χ4v) is 3.44. The maximum absolute atomic E-state index is 12.5. The summed E-state index contributed by atoms with van der Waals surface area (Å²) in [7, 11) is 1.64. The fraction of sp³-hybridized carbons (Fsp3) is 0.440. The van der Waals surface area contributed by atoms with E-state index in [1.165, 1.54) is 5.56 Å². The molecule has 1 N–H and O–H groups in total. The van der Waals surface area contributed by atoms with E-state index in [0.717, 1.165) is 12.2 Å². The zero-order valence-electron chi connectivity index (χ0n) is 19.4. The molecule has 0 atom stereocenters. The molecule has 0 unspecified atom stereocenters. The van der Waals surface area contributed by atoms with E-state index in [2.05, 4.69) is 10.2 Å². The third-order valence-corrected chi connectivity index (χ3v) is 5.38. The molecule has 3 rings (SSSR count). The molecular formula is C25H33N3O5. The van der Waals surface area contributed by atoms with Crippen LogP contribution in [0, 0.1) is 6.92 Å². The second-order valence-corrected chi connectivity index (χ2v) is 8.03. The van der Waals surface area contributed by atoms with Crippen molar-refractivity contribution in [3.05, 3.63) is 54.1 Å². The van der Waals surface area contributed by atoms with E-state index in [4.69, 9.17) is 14.2 Å². The second kappa shape index (κ2) is 12.8. The van der Waals surface area contributed by atoms with Gasteiger partial charge >= 0.3 is 0 Å².